The molecule has 3 nitrogen and oxygen atoms in total. The Balaban J connectivity index is 2.65. The quantitative estimate of drug-likeness (QED) is 0.802. The Labute approximate surface area is 95.0 Å². The summed E-state index contributed by atoms with van der Waals surface area (Å²) in [5.74, 6) is -0.531. The first-order valence-corrected chi connectivity index (χ1v) is 6.40. The number of nitrogens with one attached hydrogen (secondary N) is 1. The molecule has 0 saturated carbocycles. The minimum Gasteiger partial charge on any atom is -0.212 e. The Kier molecular flexibility index (Phi) is 4.20. The summed E-state index contributed by atoms with van der Waals surface area (Å²) < 4.78 is 38.1. The molecule has 1 aromatic rings. The van der Waals surface area contributed by atoms with Crippen molar-refractivity contribution in [2.75, 3.05) is 6.54 Å². The zero-order valence-corrected chi connectivity index (χ0v) is 9.85. The first-order chi connectivity index (χ1) is 7.39. The second-order valence-electron chi connectivity index (χ2n) is 3.66. The summed E-state index contributed by atoms with van der Waals surface area (Å²) in [6, 6.07) is 5.39. The number of sulfonamides is 1. The van der Waals surface area contributed by atoms with Crippen LogP contribution in [-0.4, -0.2) is 15.0 Å². The fourth-order valence-corrected chi connectivity index (χ4v) is 2.28. The van der Waals surface area contributed by atoms with Gasteiger partial charge in [0.05, 0.1) is 5.75 Å². The van der Waals surface area contributed by atoms with Crippen molar-refractivity contribution < 1.29 is 12.8 Å². The van der Waals surface area contributed by atoms with Crippen molar-refractivity contribution in [1.29, 1.82) is 0 Å². The maximum absolute atomic E-state index is 12.6. The van der Waals surface area contributed by atoms with Crippen LogP contribution in [-0.2, 0) is 15.8 Å². The zero-order valence-electron chi connectivity index (χ0n) is 9.03. The molecule has 0 fully saturated rings. The Morgan fingerprint density at radius 2 is 1.94 bits per heavy atom. The molecule has 1 N–H and O–H groups in total. The maximum Gasteiger partial charge on any atom is 0.216 e. The highest BCUT2D eigenvalue weighted by Crippen LogP contribution is 2.06. The van der Waals surface area contributed by atoms with Crippen LogP contribution in [0.3, 0.4) is 0 Å². The third kappa shape index (κ3) is 4.55. The summed E-state index contributed by atoms with van der Waals surface area (Å²) in [5.41, 5.74) is 1.29. The third-order valence-corrected chi connectivity index (χ3v) is 3.16. The van der Waals surface area contributed by atoms with Crippen molar-refractivity contribution in [2.24, 2.45) is 0 Å². The molecule has 0 aliphatic rings. The lowest BCUT2D eigenvalue weighted by atomic mass is 10.2. The van der Waals surface area contributed by atoms with Crippen LogP contribution < -0.4 is 4.72 Å². The summed E-state index contributed by atoms with van der Waals surface area (Å²) in [5, 5.41) is 0. The van der Waals surface area contributed by atoms with E-state index in [2.05, 4.69) is 11.3 Å². The van der Waals surface area contributed by atoms with Gasteiger partial charge >= 0.3 is 0 Å². The van der Waals surface area contributed by atoms with Gasteiger partial charge in [0.1, 0.15) is 5.82 Å². The predicted octanol–water partition coefficient (Wildman–Crippen LogP) is 1.82. The molecule has 0 amide bonds. The molecule has 1 aromatic carbocycles. The predicted molar refractivity (Wildman–Crippen MR) is 61.8 cm³/mol. The van der Waals surface area contributed by atoms with Crippen molar-refractivity contribution >= 4 is 10.0 Å². The van der Waals surface area contributed by atoms with Gasteiger partial charge in [-0.05, 0) is 24.6 Å². The number of halogens is 1. The minimum absolute atomic E-state index is 0.152. The van der Waals surface area contributed by atoms with Crippen molar-refractivity contribution in [2.45, 2.75) is 12.7 Å². The third-order valence-electron chi connectivity index (χ3n) is 1.86. The number of hydrogen-bond donors (Lipinski definition) is 1. The Morgan fingerprint density at radius 3 is 2.44 bits per heavy atom. The van der Waals surface area contributed by atoms with E-state index in [0.29, 0.717) is 5.56 Å². The van der Waals surface area contributed by atoms with Gasteiger partial charge in [-0.1, -0.05) is 24.3 Å². The summed E-state index contributed by atoms with van der Waals surface area (Å²) in [6.07, 6.45) is 0. The number of benzene rings is 1. The zero-order chi connectivity index (χ0) is 12.2. The molecular weight excluding hydrogens is 229 g/mol. The molecule has 0 aliphatic heterocycles. The number of hydrogen-bond acceptors (Lipinski definition) is 2. The molecule has 0 bridgehead atoms. The second-order valence-corrected chi connectivity index (χ2v) is 5.47. The normalized spacial score (nSPS) is 11.4. The molecule has 0 aromatic heterocycles. The van der Waals surface area contributed by atoms with E-state index in [1.165, 1.54) is 24.3 Å². The standard InChI is InChI=1S/C11H14FNO2S/c1-9(2)7-13-16(14,15)8-10-3-5-11(12)6-4-10/h3-6,13H,1,7-8H2,2H3. The second kappa shape index (κ2) is 5.23. The van der Waals surface area contributed by atoms with Crippen LogP contribution in [0.4, 0.5) is 4.39 Å². The van der Waals surface area contributed by atoms with Gasteiger partial charge in [-0.25, -0.2) is 17.5 Å². The lowest BCUT2D eigenvalue weighted by Crippen LogP contribution is -2.26. The molecule has 1 rings (SSSR count). The van der Waals surface area contributed by atoms with Crippen LogP contribution in [0.2, 0.25) is 0 Å². The molecule has 0 atom stereocenters. The first kappa shape index (κ1) is 12.9. The van der Waals surface area contributed by atoms with Crippen LogP contribution in [0.25, 0.3) is 0 Å². The van der Waals surface area contributed by atoms with Crippen LogP contribution >= 0.6 is 0 Å². The monoisotopic (exact) mass is 243 g/mol. The van der Waals surface area contributed by atoms with E-state index < -0.39 is 10.0 Å². The van der Waals surface area contributed by atoms with Crippen molar-refractivity contribution in [3.8, 4) is 0 Å². The highest BCUT2D eigenvalue weighted by molar-refractivity contribution is 7.88. The van der Waals surface area contributed by atoms with E-state index in [4.69, 9.17) is 0 Å². The van der Waals surface area contributed by atoms with Gasteiger partial charge in [-0.2, -0.15) is 0 Å². The van der Waals surface area contributed by atoms with Crippen LogP contribution in [0.1, 0.15) is 12.5 Å². The number of rotatable bonds is 5. The molecule has 0 unspecified atom stereocenters. The van der Waals surface area contributed by atoms with Crippen LogP contribution in [0.15, 0.2) is 36.4 Å². The van der Waals surface area contributed by atoms with E-state index in [1.54, 1.807) is 6.92 Å². The Bertz CT molecular complexity index is 465. The summed E-state index contributed by atoms with van der Waals surface area (Å²) in [6.45, 7) is 5.56. The maximum atomic E-state index is 12.6. The Hall–Kier alpha value is -1.20. The molecular formula is C11H14FNO2S. The lowest BCUT2D eigenvalue weighted by molar-refractivity contribution is 0.583. The van der Waals surface area contributed by atoms with E-state index in [1.807, 2.05) is 0 Å². The van der Waals surface area contributed by atoms with Gasteiger partial charge < -0.3 is 0 Å². The Morgan fingerprint density at radius 1 is 1.38 bits per heavy atom. The molecule has 0 spiro atoms. The van der Waals surface area contributed by atoms with Gasteiger partial charge in [-0.3, -0.25) is 0 Å². The lowest BCUT2D eigenvalue weighted by Gasteiger charge is -2.06. The largest absolute Gasteiger partial charge is 0.216 e. The average Bonchev–Trinajstić information content (AvgIpc) is 2.19. The molecule has 0 saturated heterocycles. The first-order valence-electron chi connectivity index (χ1n) is 4.75. The highest BCUT2D eigenvalue weighted by Gasteiger charge is 2.10. The molecule has 0 heterocycles. The van der Waals surface area contributed by atoms with E-state index in [-0.39, 0.29) is 18.1 Å². The van der Waals surface area contributed by atoms with Crippen LogP contribution in [0, 0.1) is 5.82 Å². The topological polar surface area (TPSA) is 46.2 Å². The average molecular weight is 243 g/mol. The molecule has 0 aliphatic carbocycles. The smallest absolute Gasteiger partial charge is 0.212 e. The molecule has 0 radical (unpaired) electrons. The van der Waals surface area contributed by atoms with E-state index in [9.17, 15) is 12.8 Å². The summed E-state index contributed by atoms with van der Waals surface area (Å²) in [7, 11) is -3.38. The van der Waals surface area contributed by atoms with Crippen molar-refractivity contribution in [1.82, 2.24) is 4.72 Å². The molecule has 88 valence electrons. The van der Waals surface area contributed by atoms with Crippen molar-refractivity contribution in [3.05, 3.63) is 47.8 Å². The molecule has 5 heteroatoms. The van der Waals surface area contributed by atoms with Gasteiger partial charge in [-0.15, -0.1) is 0 Å². The van der Waals surface area contributed by atoms with E-state index in [0.717, 1.165) is 5.57 Å². The summed E-state index contributed by atoms with van der Waals surface area (Å²) in [4.78, 5) is 0. The SMILES string of the molecule is C=C(C)CNS(=O)(=O)Cc1ccc(F)cc1. The van der Waals surface area contributed by atoms with E-state index >= 15 is 0 Å². The fraction of sp³-hybridized carbons (Fsp3) is 0.273. The van der Waals surface area contributed by atoms with Gasteiger partial charge in [0, 0.05) is 6.54 Å². The van der Waals surface area contributed by atoms with Crippen LogP contribution in [0.5, 0.6) is 0 Å². The van der Waals surface area contributed by atoms with Crippen molar-refractivity contribution in [3.63, 3.8) is 0 Å². The molecule has 16 heavy (non-hydrogen) atoms. The van der Waals surface area contributed by atoms with Gasteiger partial charge in [0.25, 0.3) is 0 Å². The minimum atomic E-state index is -3.38. The van der Waals surface area contributed by atoms with Gasteiger partial charge in [0.15, 0.2) is 0 Å². The summed E-state index contributed by atoms with van der Waals surface area (Å²) >= 11 is 0. The van der Waals surface area contributed by atoms with Gasteiger partial charge in [0.2, 0.25) is 10.0 Å². The fourth-order valence-electron chi connectivity index (χ4n) is 1.08. The highest BCUT2D eigenvalue weighted by atomic mass is 32.2.